The van der Waals surface area contributed by atoms with Gasteiger partial charge in [-0.2, -0.15) is 17.9 Å². The van der Waals surface area contributed by atoms with E-state index in [1.165, 1.54) is 24.0 Å². The van der Waals surface area contributed by atoms with Gasteiger partial charge in [-0.25, -0.2) is 0 Å². The highest BCUT2D eigenvalue weighted by atomic mass is 19.4. The fourth-order valence-corrected chi connectivity index (χ4v) is 4.92. The van der Waals surface area contributed by atoms with E-state index < -0.39 is 12.0 Å². The molecule has 1 aromatic carbocycles. The minimum absolute atomic E-state index is 0.200. The number of benzene rings is 1. The number of fused-ring (bicyclic) bond motifs is 1. The van der Waals surface area contributed by atoms with Crippen LogP contribution in [-0.2, 0) is 6.18 Å². The third-order valence-electron chi connectivity index (χ3n) is 7.08. The Morgan fingerprint density at radius 1 is 1.09 bits per heavy atom. The second-order valence-electron chi connectivity index (χ2n) is 10.3. The number of hydrogen-bond donors (Lipinski definition) is 0. The summed E-state index contributed by atoms with van der Waals surface area (Å²) in [4.78, 5) is 0. The molecule has 0 bridgehead atoms. The average Bonchev–Trinajstić information content (AvgIpc) is 3.22. The molecule has 0 saturated heterocycles. The van der Waals surface area contributed by atoms with Crippen LogP contribution in [0, 0.1) is 16.7 Å². The van der Waals surface area contributed by atoms with Gasteiger partial charge in [0.2, 0.25) is 0 Å². The first-order chi connectivity index (χ1) is 14.9. The first-order valence-corrected chi connectivity index (χ1v) is 11.0. The number of alkyl halides is 3. The summed E-state index contributed by atoms with van der Waals surface area (Å²) < 4.78 is 39.9. The quantitative estimate of drug-likeness (QED) is 0.525. The molecule has 1 aromatic heterocycles. The maximum Gasteiger partial charge on any atom is 0.453 e. The molecule has 1 atom stereocenters. The minimum Gasteiger partial charge on any atom is -0.189 e. The summed E-state index contributed by atoms with van der Waals surface area (Å²) in [5.74, 6) is -0.564. The highest BCUT2D eigenvalue weighted by molar-refractivity contribution is 5.68. The van der Waals surface area contributed by atoms with Crippen LogP contribution in [0.15, 0.2) is 53.6 Å². The molecule has 1 saturated carbocycles. The lowest BCUT2D eigenvalue weighted by molar-refractivity contribution is -0.146. The highest BCUT2D eigenvalue weighted by Crippen LogP contribution is 2.55. The molecular formula is C25H29F3N4. The molecule has 32 heavy (non-hydrogen) atoms. The maximum absolute atomic E-state index is 13.1. The molecule has 0 radical (unpaired) electrons. The summed E-state index contributed by atoms with van der Waals surface area (Å²) in [7, 11) is 0. The smallest absolute Gasteiger partial charge is 0.189 e. The second kappa shape index (κ2) is 7.71. The summed E-state index contributed by atoms with van der Waals surface area (Å²) in [5, 5.41) is 9.77. The van der Waals surface area contributed by atoms with Crippen molar-refractivity contribution in [1.29, 1.82) is 0 Å². The predicted molar refractivity (Wildman–Crippen MR) is 119 cm³/mol. The van der Waals surface area contributed by atoms with Gasteiger partial charge in [-0.05, 0) is 82.2 Å². The SMILES string of the molecule is C/C(=C/C1=CCC2C(=C1)C(C)(C)CCC2(C)C)c1ccc(-n2nnnc2C(F)(F)F)cc1. The molecule has 2 aliphatic rings. The van der Waals surface area contributed by atoms with Crippen LogP contribution in [0.5, 0.6) is 0 Å². The molecule has 1 heterocycles. The Morgan fingerprint density at radius 2 is 1.78 bits per heavy atom. The van der Waals surface area contributed by atoms with Crippen molar-refractivity contribution in [2.45, 2.75) is 60.1 Å². The molecule has 0 N–H and O–H groups in total. The van der Waals surface area contributed by atoms with Gasteiger partial charge in [0.1, 0.15) is 0 Å². The van der Waals surface area contributed by atoms with Gasteiger partial charge < -0.3 is 0 Å². The van der Waals surface area contributed by atoms with Crippen molar-refractivity contribution in [1.82, 2.24) is 20.2 Å². The van der Waals surface area contributed by atoms with Gasteiger partial charge in [0, 0.05) is 0 Å². The van der Waals surface area contributed by atoms with Gasteiger partial charge in [-0.15, -0.1) is 5.10 Å². The lowest BCUT2D eigenvalue weighted by Gasteiger charge is -2.49. The Morgan fingerprint density at radius 3 is 2.44 bits per heavy atom. The Kier molecular flexibility index (Phi) is 5.42. The van der Waals surface area contributed by atoms with Crippen molar-refractivity contribution in [3.05, 3.63) is 65.0 Å². The van der Waals surface area contributed by atoms with E-state index in [1.54, 1.807) is 24.3 Å². The van der Waals surface area contributed by atoms with Crippen molar-refractivity contribution in [3.63, 3.8) is 0 Å². The number of allylic oxidation sites excluding steroid dienone is 6. The van der Waals surface area contributed by atoms with Crippen molar-refractivity contribution in [3.8, 4) is 5.69 Å². The molecule has 170 valence electrons. The molecule has 0 amide bonds. The van der Waals surface area contributed by atoms with Gasteiger partial charge in [-0.3, -0.25) is 0 Å². The highest BCUT2D eigenvalue weighted by Gasteiger charge is 2.44. The van der Waals surface area contributed by atoms with Crippen LogP contribution in [0.4, 0.5) is 13.2 Å². The largest absolute Gasteiger partial charge is 0.453 e. The van der Waals surface area contributed by atoms with E-state index in [0.717, 1.165) is 17.6 Å². The van der Waals surface area contributed by atoms with Crippen molar-refractivity contribution < 1.29 is 13.2 Å². The Hall–Kier alpha value is -2.70. The van der Waals surface area contributed by atoms with E-state index in [0.29, 0.717) is 16.0 Å². The molecule has 0 spiro atoms. The summed E-state index contributed by atoms with van der Waals surface area (Å²) in [6.07, 6.45) is 5.68. The van der Waals surface area contributed by atoms with Gasteiger partial charge in [0.05, 0.1) is 5.69 Å². The molecule has 2 aliphatic carbocycles. The Balaban J connectivity index is 1.59. The third kappa shape index (κ3) is 4.17. The summed E-state index contributed by atoms with van der Waals surface area (Å²) in [6, 6.07) is 6.82. The molecule has 4 rings (SSSR count). The summed E-state index contributed by atoms with van der Waals surface area (Å²) in [5.41, 5.74) is 5.51. The number of tetrazole rings is 1. The molecule has 0 aliphatic heterocycles. The van der Waals surface area contributed by atoms with Crippen LogP contribution in [0.2, 0.25) is 0 Å². The topological polar surface area (TPSA) is 43.6 Å². The van der Waals surface area contributed by atoms with E-state index in [-0.39, 0.29) is 11.1 Å². The standard InChI is InChI=1S/C25H29F3N4/c1-16(14-17-6-11-20-21(15-17)24(4,5)13-12-23(20,2)3)18-7-9-19(10-8-18)32-22(25(26,27)28)29-30-31-32/h6-10,14-15,20H,11-13H2,1-5H3/b16-14-. The zero-order valence-electron chi connectivity index (χ0n) is 19.2. The Bertz CT molecular complexity index is 1100. The van der Waals surface area contributed by atoms with Crippen LogP contribution >= 0.6 is 0 Å². The number of aromatic nitrogens is 4. The fraction of sp³-hybridized carbons (Fsp3) is 0.480. The van der Waals surface area contributed by atoms with E-state index >= 15 is 0 Å². The average molecular weight is 443 g/mol. The predicted octanol–water partition coefficient (Wildman–Crippen LogP) is 6.80. The third-order valence-corrected chi connectivity index (χ3v) is 7.08. The number of rotatable bonds is 3. The minimum atomic E-state index is -4.61. The summed E-state index contributed by atoms with van der Waals surface area (Å²) >= 11 is 0. The molecule has 1 unspecified atom stereocenters. The van der Waals surface area contributed by atoms with Crippen LogP contribution in [0.25, 0.3) is 11.3 Å². The van der Waals surface area contributed by atoms with Gasteiger partial charge in [-0.1, -0.05) is 63.6 Å². The molecule has 2 aromatic rings. The van der Waals surface area contributed by atoms with Crippen LogP contribution in [0.1, 0.15) is 65.3 Å². The van der Waals surface area contributed by atoms with E-state index in [4.69, 9.17) is 0 Å². The monoisotopic (exact) mass is 442 g/mol. The number of halogens is 3. The fourth-order valence-electron chi connectivity index (χ4n) is 4.92. The van der Waals surface area contributed by atoms with Gasteiger partial charge in [0.15, 0.2) is 0 Å². The first-order valence-electron chi connectivity index (χ1n) is 11.0. The molecule has 4 nitrogen and oxygen atoms in total. The van der Waals surface area contributed by atoms with Crippen molar-refractivity contribution in [2.24, 2.45) is 16.7 Å². The van der Waals surface area contributed by atoms with Crippen LogP contribution in [0.3, 0.4) is 0 Å². The second-order valence-corrected chi connectivity index (χ2v) is 10.3. The number of nitrogens with zero attached hydrogens (tertiary/aromatic N) is 4. The lowest BCUT2D eigenvalue weighted by Crippen LogP contribution is -2.39. The summed E-state index contributed by atoms with van der Waals surface area (Å²) in [6.45, 7) is 11.4. The maximum atomic E-state index is 13.1. The van der Waals surface area contributed by atoms with Crippen molar-refractivity contribution >= 4 is 5.57 Å². The number of hydrogen-bond acceptors (Lipinski definition) is 3. The van der Waals surface area contributed by atoms with E-state index in [2.05, 4.69) is 61.4 Å². The lowest BCUT2D eigenvalue weighted by atomic mass is 9.55. The molecular weight excluding hydrogens is 413 g/mol. The van der Waals surface area contributed by atoms with Gasteiger partial charge in [0.25, 0.3) is 5.82 Å². The van der Waals surface area contributed by atoms with Crippen molar-refractivity contribution in [2.75, 3.05) is 0 Å². The van der Waals surface area contributed by atoms with E-state index in [9.17, 15) is 13.2 Å². The van der Waals surface area contributed by atoms with Crippen LogP contribution in [-0.4, -0.2) is 20.2 Å². The normalized spacial score (nSPS) is 22.8. The first kappa shape index (κ1) is 22.5. The zero-order valence-corrected chi connectivity index (χ0v) is 19.2. The van der Waals surface area contributed by atoms with Gasteiger partial charge >= 0.3 is 6.18 Å². The van der Waals surface area contributed by atoms with Crippen LogP contribution < -0.4 is 0 Å². The zero-order chi connectivity index (χ0) is 23.3. The molecule has 7 heteroatoms. The Labute approximate surface area is 186 Å². The molecule has 1 fully saturated rings. The van der Waals surface area contributed by atoms with E-state index in [1.807, 2.05) is 6.92 Å².